The molecule has 1 aliphatic heterocycles. The van der Waals surface area contributed by atoms with Gasteiger partial charge in [-0.2, -0.15) is 0 Å². The predicted molar refractivity (Wildman–Crippen MR) is 116 cm³/mol. The van der Waals surface area contributed by atoms with Gasteiger partial charge in [0.25, 0.3) is 0 Å². The van der Waals surface area contributed by atoms with Gasteiger partial charge in [-0.3, -0.25) is 9.89 Å². The summed E-state index contributed by atoms with van der Waals surface area (Å²) < 4.78 is 10.9. The Hall–Kier alpha value is -1.79. The Labute approximate surface area is 170 Å². The normalized spacial score (nSPS) is 16.4. The Morgan fingerprint density at radius 3 is 2.46 bits per heavy atom. The Morgan fingerprint density at radius 1 is 1.14 bits per heavy atom. The summed E-state index contributed by atoms with van der Waals surface area (Å²) in [5.74, 6) is 2.33. The standard InChI is InChI=1S/C22H38N4O2/c1-18(2)17-28-15-7-12-24-22(23-3)25-16-21(26-13-5-6-14-26)19-8-10-20(27-4)11-9-19/h8-11,18,21H,5-7,12-17H2,1-4H3,(H2,23,24,25). The number of rotatable bonds is 11. The number of guanidine groups is 1. The van der Waals surface area contributed by atoms with E-state index in [4.69, 9.17) is 9.47 Å². The van der Waals surface area contributed by atoms with Crippen LogP contribution in [0.2, 0.25) is 0 Å². The van der Waals surface area contributed by atoms with E-state index in [2.05, 4.69) is 46.5 Å². The van der Waals surface area contributed by atoms with E-state index in [0.717, 1.165) is 57.5 Å². The van der Waals surface area contributed by atoms with Crippen LogP contribution in [0.5, 0.6) is 5.75 Å². The minimum absolute atomic E-state index is 0.335. The third kappa shape index (κ3) is 7.68. The van der Waals surface area contributed by atoms with Crippen molar-refractivity contribution in [2.45, 2.75) is 39.2 Å². The van der Waals surface area contributed by atoms with Crippen LogP contribution in [0.25, 0.3) is 0 Å². The van der Waals surface area contributed by atoms with Crippen molar-refractivity contribution in [2.24, 2.45) is 10.9 Å². The van der Waals surface area contributed by atoms with Crippen molar-refractivity contribution in [1.82, 2.24) is 15.5 Å². The number of hydrogen-bond donors (Lipinski definition) is 2. The molecule has 0 aromatic heterocycles. The second kappa shape index (κ2) is 12.6. The molecule has 1 aromatic carbocycles. The second-order valence-electron chi connectivity index (χ2n) is 7.73. The summed E-state index contributed by atoms with van der Waals surface area (Å²) in [5.41, 5.74) is 1.31. The maximum absolute atomic E-state index is 5.64. The van der Waals surface area contributed by atoms with Gasteiger partial charge in [0.1, 0.15) is 5.75 Å². The molecule has 1 aromatic rings. The van der Waals surface area contributed by atoms with Gasteiger partial charge in [0, 0.05) is 33.4 Å². The van der Waals surface area contributed by atoms with Gasteiger partial charge in [0.2, 0.25) is 0 Å². The molecule has 6 heteroatoms. The fourth-order valence-corrected chi connectivity index (χ4v) is 3.45. The van der Waals surface area contributed by atoms with Crippen molar-refractivity contribution in [3.63, 3.8) is 0 Å². The fourth-order valence-electron chi connectivity index (χ4n) is 3.45. The number of aliphatic imine (C=N–C) groups is 1. The molecule has 0 aliphatic carbocycles. The van der Waals surface area contributed by atoms with Crippen molar-refractivity contribution in [3.05, 3.63) is 29.8 Å². The number of methoxy groups -OCH3 is 1. The van der Waals surface area contributed by atoms with Crippen molar-refractivity contribution >= 4 is 5.96 Å². The third-order valence-electron chi connectivity index (χ3n) is 4.98. The molecular weight excluding hydrogens is 352 g/mol. The molecule has 0 bridgehead atoms. The van der Waals surface area contributed by atoms with Gasteiger partial charge in [-0.1, -0.05) is 26.0 Å². The summed E-state index contributed by atoms with van der Waals surface area (Å²) in [5, 5.41) is 6.90. The molecule has 0 radical (unpaired) electrons. The molecule has 6 nitrogen and oxygen atoms in total. The van der Waals surface area contributed by atoms with Crippen LogP contribution >= 0.6 is 0 Å². The number of likely N-dealkylation sites (tertiary alicyclic amines) is 1. The highest BCUT2D eigenvalue weighted by Gasteiger charge is 2.23. The first-order valence-corrected chi connectivity index (χ1v) is 10.5. The molecule has 0 spiro atoms. The molecule has 158 valence electrons. The fraction of sp³-hybridized carbons (Fsp3) is 0.682. The van der Waals surface area contributed by atoms with Gasteiger partial charge in [-0.05, 0) is 56.0 Å². The highest BCUT2D eigenvalue weighted by atomic mass is 16.5. The van der Waals surface area contributed by atoms with E-state index in [0.29, 0.717) is 12.0 Å². The largest absolute Gasteiger partial charge is 0.497 e. The number of benzene rings is 1. The average molecular weight is 391 g/mol. The van der Waals surface area contributed by atoms with Gasteiger partial charge >= 0.3 is 0 Å². The zero-order chi connectivity index (χ0) is 20.2. The van der Waals surface area contributed by atoms with Crippen LogP contribution in [0.1, 0.15) is 44.7 Å². The molecule has 0 saturated carbocycles. The summed E-state index contributed by atoms with van der Waals surface area (Å²) in [6, 6.07) is 8.77. The van der Waals surface area contributed by atoms with E-state index in [1.807, 2.05) is 19.2 Å². The Kier molecular flexibility index (Phi) is 10.1. The molecule has 1 aliphatic rings. The zero-order valence-corrected chi connectivity index (χ0v) is 18.0. The third-order valence-corrected chi connectivity index (χ3v) is 4.98. The summed E-state index contributed by atoms with van der Waals surface area (Å²) in [7, 11) is 3.53. The van der Waals surface area contributed by atoms with Gasteiger partial charge in [0.05, 0.1) is 13.2 Å². The van der Waals surface area contributed by atoms with Crippen molar-refractivity contribution in [2.75, 3.05) is 53.6 Å². The molecular formula is C22H38N4O2. The SMILES string of the molecule is CN=C(NCCCOCC(C)C)NCC(c1ccc(OC)cc1)N1CCCC1. The zero-order valence-electron chi connectivity index (χ0n) is 18.0. The Bertz CT molecular complexity index is 568. The second-order valence-corrected chi connectivity index (χ2v) is 7.73. The van der Waals surface area contributed by atoms with Crippen LogP contribution in [0.4, 0.5) is 0 Å². The van der Waals surface area contributed by atoms with Gasteiger partial charge in [0.15, 0.2) is 5.96 Å². The predicted octanol–water partition coefficient (Wildman–Crippen LogP) is 3.06. The Morgan fingerprint density at radius 2 is 1.86 bits per heavy atom. The topological polar surface area (TPSA) is 58.1 Å². The van der Waals surface area contributed by atoms with Crippen molar-refractivity contribution < 1.29 is 9.47 Å². The quantitative estimate of drug-likeness (QED) is 0.345. The van der Waals surface area contributed by atoms with E-state index < -0.39 is 0 Å². The lowest BCUT2D eigenvalue weighted by Gasteiger charge is -2.29. The molecule has 2 rings (SSSR count). The van der Waals surface area contributed by atoms with Crippen LogP contribution in [0, 0.1) is 5.92 Å². The van der Waals surface area contributed by atoms with Crippen LogP contribution in [0.3, 0.4) is 0 Å². The monoisotopic (exact) mass is 390 g/mol. The van der Waals surface area contributed by atoms with Crippen LogP contribution in [0.15, 0.2) is 29.3 Å². The van der Waals surface area contributed by atoms with Crippen LogP contribution in [-0.4, -0.2) is 64.4 Å². The van der Waals surface area contributed by atoms with E-state index in [1.54, 1.807) is 7.11 Å². The summed E-state index contributed by atoms with van der Waals surface area (Å²) in [4.78, 5) is 6.93. The van der Waals surface area contributed by atoms with Crippen molar-refractivity contribution in [3.8, 4) is 5.75 Å². The summed E-state index contributed by atoms with van der Waals surface area (Å²) >= 11 is 0. The molecule has 2 N–H and O–H groups in total. The first kappa shape index (κ1) is 22.5. The molecule has 1 atom stereocenters. The maximum atomic E-state index is 5.64. The highest BCUT2D eigenvalue weighted by Crippen LogP contribution is 2.26. The first-order valence-electron chi connectivity index (χ1n) is 10.5. The minimum Gasteiger partial charge on any atom is -0.497 e. The van der Waals surface area contributed by atoms with Gasteiger partial charge in [-0.15, -0.1) is 0 Å². The number of ether oxygens (including phenoxy) is 2. The van der Waals surface area contributed by atoms with E-state index >= 15 is 0 Å². The van der Waals surface area contributed by atoms with E-state index in [9.17, 15) is 0 Å². The maximum Gasteiger partial charge on any atom is 0.191 e. The first-order chi connectivity index (χ1) is 13.6. The molecule has 28 heavy (non-hydrogen) atoms. The lowest BCUT2D eigenvalue weighted by Crippen LogP contribution is -2.43. The molecule has 1 fully saturated rings. The molecule has 1 unspecified atom stereocenters. The summed E-state index contributed by atoms with van der Waals surface area (Å²) in [6.45, 7) is 9.93. The van der Waals surface area contributed by atoms with Crippen LogP contribution in [-0.2, 0) is 4.74 Å². The minimum atomic E-state index is 0.335. The van der Waals surface area contributed by atoms with Crippen LogP contribution < -0.4 is 15.4 Å². The van der Waals surface area contributed by atoms with E-state index in [1.165, 1.54) is 18.4 Å². The molecule has 1 heterocycles. The smallest absolute Gasteiger partial charge is 0.191 e. The van der Waals surface area contributed by atoms with E-state index in [-0.39, 0.29) is 0 Å². The highest BCUT2D eigenvalue weighted by molar-refractivity contribution is 5.79. The summed E-state index contributed by atoms with van der Waals surface area (Å²) in [6.07, 6.45) is 3.52. The molecule has 0 amide bonds. The molecule has 1 saturated heterocycles. The van der Waals surface area contributed by atoms with Gasteiger partial charge in [-0.25, -0.2) is 0 Å². The Balaban J connectivity index is 1.83. The number of nitrogens with zero attached hydrogens (tertiary/aromatic N) is 2. The number of nitrogens with one attached hydrogen (secondary N) is 2. The van der Waals surface area contributed by atoms with Gasteiger partial charge < -0.3 is 20.1 Å². The number of hydrogen-bond acceptors (Lipinski definition) is 4. The van der Waals surface area contributed by atoms with Crippen molar-refractivity contribution in [1.29, 1.82) is 0 Å². The lowest BCUT2D eigenvalue weighted by atomic mass is 10.1. The lowest BCUT2D eigenvalue weighted by molar-refractivity contribution is 0.108. The average Bonchev–Trinajstić information content (AvgIpc) is 3.23.